The van der Waals surface area contributed by atoms with Gasteiger partial charge in [-0.05, 0) is 43.9 Å². The van der Waals surface area contributed by atoms with Crippen LogP contribution in [-0.4, -0.2) is 13.1 Å². The quantitative estimate of drug-likeness (QED) is 0.806. The van der Waals surface area contributed by atoms with Gasteiger partial charge >= 0.3 is 0 Å². The van der Waals surface area contributed by atoms with Crippen molar-refractivity contribution in [2.75, 3.05) is 7.05 Å². The molecule has 0 bridgehead atoms. The van der Waals surface area contributed by atoms with Gasteiger partial charge in [0.25, 0.3) is 0 Å². The highest BCUT2D eigenvalue weighted by molar-refractivity contribution is 6.30. The van der Waals surface area contributed by atoms with Gasteiger partial charge in [-0.2, -0.15) is 0 Å². The van der Waals surface area contributed by atoms with Crippen molar-refractivity contribution >= 4 is 11.6 Å². The lowest BCUT2D eigenvalue weighted by molar-refractivity contribution is 0.415. The molecule has 1 aliphatic carbocycles. The Morgan fingerprint density at radius 1 is 1.37 bits per heavy atom. The van der Waals surface area contributed by atoms with Gasteiger partial charge in [0.1, 0.15) is 5.82 Å². The van der Waals surface area contributed by atoms with Crippen molar-refractivity contribution in [1.29, 1.82) is 0 Å². The molecule has 1 fully saturated rings. The zero-order chi connectivity index (χ0) is 13.7. The minimum absolute atomic E-state index is 0.225. The Labute approximate surface area is 120 Å². The molecular weight excluding hydrogens is 261 g/mol. The Hall–Kier alpha value is -0.600. The van der Waals surface area contributed by atoms with Gasteiger partial charge in [0, 0.05) is 6.04 Å². The molecule has 1 nitrogen and oxygen atoms in total. The summed E-state index contributed by atoms with van der Waals surface area (Å²) in [6, 6.07) is 5.60. The number of hydrogen-bond donors (Lipinski definition) is 1. The van der Waals surface area contributed by atoms with Gasteiger partial charge in [0.05, 0.1) is 5.02 Å². The highest BCUT2D eigenvalue weighted by Crippen LogP contribution is 2.29. The molecule has 106 valence electrons. The van der Waals surface area contributed by atoms with Crippen LogP contribution < -0.4 is 5.32 Å². The molecule has 0 amide bonds. The Morgan fingerprint density at radius 2 is 2.11 bits per heavy atom. The van der Waals surface area contributed by atoms with E-state index in [9.17, 15) is 4.39 Å². The maximum absolute atomic E-state index is 13.9. The average molecular weight is 284 g/mol. The van der Waals surface area contributed by atoms with Crippen LogP contribution in [0.25, 0.3) is 0 Å². The van der Waals surface area contributed by atoms with Gasteiger partial charge in [0.15, 0.2) is 0 Å². The van der Waals surface area contributed by atoms with Crippen LogP contribution >= 0.6 is 11.6 Å². The van der Waals surface area contributed by atoms with Crippen LogP contribution in [-0.2, 0) is 6.42 Å². The number of benzene rings is 1. The third-order valence-electron chi connectivity index (χ3n) is 4.30. The zero-order valence-electron chi connectivity index (χ0n) is 11.6. The highest BCUT2D eigenvalue weighted by atomic mass is 35.5. The first-order valence-corrected chi connectivity index (χ1v) is 7.68. The van der Waals surface area contributed by atoms with Crippen molar-refractivity contribution in [3.05, 3.63) is 34.6 Å². The van der Waals surface area contributed by atoms with Crippen molar-refractivity contribution in [3.8, 4) is 0 Å². The van der Waals surface area contributed by atoms with Gasteiger partial charge in [-0.15, -0.1) is 0 Å². The average Bonchev–Trinajstić information content (AvgIpc) is 2.92. The summed E-state index contributed by atoms with van der Waals surface area (Å²) >= 11 is 5.83. The van der Waals surface area contributed by atoms with Crippen LogP contribution in [0, 0.1) is 11.7 Å². The SMILES string of the molecule is CNC(CCC1CCCC1)Cc1cccc(Cl)c1F. The van der Waals surface area contributed by atoms with E-state index in [0.29, 0.717) is 6.04 Å². The number of halogens is 2. The fourth-order valence-electron chi connectivity index (χ4n) is 3.06. The number of nitrogens with one attached hydrogen (secondary N) is 1. The summed E-state index contributed by atoms with van der Waals surface area (Å²) in [7, 11) is 1.96. The molecule has 3 heteroatoms. The molecule has 0 saturated heterocycles. The molecule has 1 N–H and O–H groups in total. The molecule has 1 aromatic rings. The second-order valence-corrected chi connectivity index (χ2v) is 6.04. The largest absolute Gasteiger partial charge is 0.317 e. The summed E-state index contributed by atoms with van der Waals surface area (Å²) in [6.45, 7) is 0. The Balaban J connectivity index is 1.88. The van der Waals surface area contributed by atoms with Crippen LogP contribution in [0.5, 0.6) is 0 Å². The Bertz CT molecular complexity index is 402. The fourth-order valence-corrected chi connectivity index (χ4v) is 3.25. The predicted octanol–water partition coefficient (Wildman–Crippen LogP) is 4.58. The molecule has 2 rings (SSSR count). The van der Waals surface area contributed by atoms with Crippen LogP contribution in [0.1, 0.15) is 44.1 Å². The Kier molecular flexibility index (Phi) is 5.65. The number of hydrogen-bond acceptors (Lipinski definition) is 1. The van der Waals surface area contributed by atoms with Crippen molar-refractivity contribution in [3.63, 3.8) is 0 Å². The maximum Gasteiger partial charge on any atom is 0.145 e. The second-order valence-electron chi connectivity index (χ2n) is 5.63. The minimum Gasteiger partial charge on any atom is -0.317 e. The van der Waals surface area contributed by atoms with E-state index in [2.05, 4.69) is 5.32 Å². The standard InChI is InChI=1S/C16H23ClFN/c1-19-14(10-9-12-5-2-3-6-12)11-13-7-4-8-15(17)16(13)18/h4,7-8,12,14,19H,2-3,5-6,9-11H2,1H3. The van der Waals surface area contributed by atoms with Gasteiger partial charge in [-0.25, -0.2) is 4.39 Å². The third kappa shape index (κ3) is 4.19. The van der Waals surface area contributed by atoms with Gasteiger partial charge < -0.3 is 5.32 Å². The maximum atomic E-state index is 13.9. The first-order chi connectivity index (χ1) is 9.20. The number of rotatable bonds is 6. The van der Waals surface area contributed by atoms with Crippen molar-refractivity contribution in [1.82, 2.24) is 5.32 Å². The van der Waals surface area contributed by atoms with Gasteiger partial charge in [-0.3, -0.25) is 0 Å². The van der Waals surface area contributed by atoms with E-state index in [1.807, 2.05) is 19.2 Å². The third-order valence-corrected chi connectivity index (χ3v) is 4.60. The molecule has 1 atom stereocenters. The highest BCUT2D eigenvalue weighted by Gasteiger charge is 2.18. The molecule has 0 aliphatic heterocycles. The molecule has 0 heterocycles. The van der Waals surface area contributed by atoms with E-state index in [4.69, 9.17) is 11.6 Å². The smallest absolute Gasteiger partial charge is 0.145 e. The molecule has 0 spiro atoms. The topological polar surface area (TPSA) is 12.0 Å². The summed E-state index contributed by atoms with van der Waals surface area (Å²) in [4.78, 5) is 0. The summed E-state index contributed by atoms with van der Waals surface area (Å²) in [5, 5.41) is 3.54. The van der Waals surface area contributed by atoms with Crippen molar-refractivity contribution in [2.24, 2.45) is 5.92 Å². The van der Waals surface area contributed by atoms with E-state index < -0.39 is 0 Å². The summed E-state index contributed by atoms with van der Waals surface area (Å²) in [6.07, 6.45) is 8.62. The van der Waals surface area contributed by atoms with E-state index >= 15 is 0 Å². The lowest BCUT2D eigenvalue weighted by Gasteiger charge is -2.19. The van der Waals surface area contributed by atoms with E-state index in [1.165, 1.54) is 32.1 Å². The monoisotopic (exact) mass is 283 g/mol. The molecule has 19 heavy (non-hydrogen) atoms. The van der Waals surface area contributed by atoms with Crippen LogP contribution in [0.2, 0.25) is 5.02 Å². The van der Waals surface area contributed by atoms with Gasteiger partial charge in [0.2, 0.25) is 0 Å². The Morgan fingerprint density at radius 3 is 2.79 bits per heavy atom. The van der Waals surface area contributed by atoms with E-state index in [-0.39, 0.29) is 10.8 Å². The summed E-state index contributed by atoms with van der Waals surface area (Å²) in [5.41, 5.74) is 0.721. The van der Waals surface area contributed by atoms with Crippen LogP contribution in [0.3, 0.4) is 0 Å². The van der Waals surface area contributed by atoms with Crippen molar-refractivity contribution in [2.45, 2.75) is 51.0 Å². The van der Waals surface area contributed by atoms with Crippen LogP contribution in [0.4, 0.5) is 4.39 Å². The van der Waals surface area contributed by atoms with Crippen molar-refractivity contribution < 1.29 is 4.39 Å². The first kappa shape index (κ1) is 14.8. The van der Waals surface area contributed by atoms with Crippen LogP contribution in [0.15, 0.2) is 18.2 Å². The second kappa shape index (κ2) is 7.25. The fraction of sp³-hybridized carbons (Fsp3) is 0.625. The molecule has 1 aromatic carbocycles. The van der Waals surface area contributed by atoms with E-state index in [0.717, 1.165) is 24.3 Å². The minimum atomic E-state index is -0.259. The summed E-state index contributed by atoms with van der Waals surface area (Å²) < 4.78 is 13.9. The molecule has 1 unspecified atom stereocenters. The summed E-state index contributed by atoms with van der Waals surface area (Å²) in [5.74, 6) is 0.630. The molecule has 0 radical (unpaired) electrons. The molecule has 0 aromatic heterocycles. The molecular formula is C16H23ClFN. The van der Waals surface area contributed by atoms with Gasteiger partial charge in [-0.1, -0.05) is 49.4 Å². The predicted molar refractivity (Wildman–Crippen MR) is 79.2 cm³/mol. The number of likely N-dealkylation sites (N-methyl/N-ethyl adjacent to an activating group) is 1. The first-order valence-electron chi connectivity index (χ1n) is 7.31. The normalized spacial score (nSPS) is 17.8. The lowest BCUT2D eigenvalue weighted by atomic mass is 9.95. The van der Waals surface area contributed by atoms with E-state index in [1.54, 1.807) is 6.07 Å². The molecule has 1 aliphatic rings. The zero-order valence-corrected chi connectivity index (χ0v) is 12.3. The lowest BCUT2D eigenvalue weighted by Crippen LogP contribution is -2.28. The molecule has 1 saturated carbocycles.